The Labute approximate surface area is 222 Å². The third-order valence-corrected chi connectivity index (χ3v) is 7.24. The van der Waals surface area contributed by atoms with Crippen molar-refractivity contribution in [3.8, 4) is 11.5 Å². The lowest BCUT2D eigenvalue weighted by Crippen LogP contribution is -2.39. The van der Waals surface area contributed by atoms with Gasteiger partial charge in [0, 0.05) is 18.7 Å². The van der Waals surface area contributed by atoms with Crippen molar-refractivity contribution in [3.63, 3.8) is 0 Å². The number of hydrogen-bond acceptors (Lipinski definition) is 5. The van der Waals surface area contributed by atoms with Crippen molar-refractivity contribution in [1.82, 2.24) is 4.90 Å². The summed E-state index contributed by atoms with van der Waals surface area (Å²) in [5, 5.41) is 0. The van der Waals surface area contributed by atoms with Crippen molar-refractivity contribution in [2.75, 3.05) is 19.9 Å². The zero-order valence-electron chi connectivity index (χ0n) is 21.2. The van der Waals surface area contributed by atoms with Crippen molar-refractivity contribution in [2.24, 2.45) is 0 Å². The van der Waals surface area contributed by atoms with E-state index in [-0.39, 0.29) is 18.8 Å². The van der Waals surface area contributed by atoms with Crippen LogP contribution < -0.4 is 9.47 Å². The fourth-order valence-electron chi connectivity index (χ4n) is 5.57. The van der Waals surface area contributed by atoms with Crippen LogP contribution in [0, 0.1) is 0 Å². The minimum Gasteiger partial charge on any atom is -0.463 e. The van der Waals surface area contributed by atoms with Gasteiger partial charge in [0.1, 0.15) is 0 Å². The number of rotatable bonds is 8. The average molecular weight is 504 g/mol. The van der Waals surface area contributed by atoms with Gasteiger partial charge in [-0.3, -0.25) is 4.90 Å². The van der Waals surface area contributed by atoms with Gasteiger partial charge in [-0.05, 0) is 46.9 Å². The molecule has 0 saturated carbocycles. The van der Waals surface area contributed by atoms with Gasteiger partial charge < -0.3 is 14.2 Å². The summed E-state index contributed by atoms with van der Waals surface area (Å²) >= 11 is 0. The van der Waals surface area contributed by atoms with Gasteiger partial charge in [-0.2, -0.15) is 0 Å². The van der Waals surface area contributed by atoms with E-state index in [2.05, 4.69) is 77.7 Å². The number of benzene rings is 4. The number of hydrogen-bond donors (Lipinski definition) is 0. The van der Waals surface area contributed by atoms with Crippen LogP contribution in [0.4, 0.5) is 0 Å². The lowest BCUT2D eigenvalue weighted by atomic mass is 9.76. The molecule has 0 spiro atoms. The van der Waals surface area contributed by atoms with Crippen molar-refractivity contribution in [1.29, 1.82) is 0 Å². The number of nitrogens with zero attached hydrogens (tertiary/aromatic N) is 1. The van der Waals surface area contributed by atoms with Crippen molar-refractivity contribution in [2.45, 2.75) is 18.5 Å². The first-order valence-electron chi connectivity index (χ1n) is 12.9. The quantitative estimate of drug-likeness (QED) is 0.127. The Morgan fingerprint density at radius 1 is 0.842 bits per heavy atom. The van der Waals surface area contributed by atoms with E-state index >= 15 is 0 Å². The number of ether oxygens (including phenoxy) is 3. The van der Waals surface area contributed by atoms with Crippen molar-refractivity contribution < 1.29 is 19.0 Å². The molecule has 0 N–H and O–H groups in total. The molecule has 190 valence electrons. The lowest BCUT2D eigenvalue weighted by molar-refractivity contribution is -0.137. The van der Waals surface area contributed by atoms with Crippen LogP contribution in [0.5, 0.6) is 11.5 Å². The van der Waals surface area contributed by atoms with Crippen LogP contribution in [0.25, 0.3) is 5.57 Å². The SMILES string of the molecule is CCOC(=O)/C=C(/c1ccc2c(c1)OCO2)[C@@H]1CN1C(c1ccccc1)(c1ccccc1)c1ccccc1. The standard InChI is InChI=1S/C33H29NO4/c1-2-36-32(35)21-28(24-18-19-30-31(20-24)38-23-37-30)29-22-34(29)33(25-12-6-3-7-13-25,26-14-8-4-9-15-26)27-16-10-5-11-17-27/h3-21,29H,2,22-23H2,1H3/b28-21-/t29-,34?/m0/s1. The van der Waals surface area contributed by atoms with Gasteiger partial charge in [-0.15, -0.1) is 0 Å². The molecule has 0 aromatic heterocycles. The fourth-order valence-corrected chi connectivity index (χ4v) is 5.57. The van der Waals surface area contributed by atoms with E-state index in [9.17, 15) is 4.79 Å². The molecule has 1 unspecified atom stereocenters. The number of carbonyl (C=O) groups is 1. The Morgan fingerprint density at radius 2 is 1.39 bits per heavy atom. The van der Waals surface area contributed by atoms with Crippen LogP contribution in [-0.4, -0.2) is 36.9 Å². The highest BCUT2D eigenvalue weighted by molar-refractivity contribution is 5.93. The van der Waals surface area contributed by atoms with Crippen LogP contribution >= 0.6 is 0 Å². The molecule has 1 fully saturated rings. The van der Waals surface area contributed by atoms with Crippen molar-refractivity contribution >= 4 is 11.5 Å². The molecular weight excluding hydrogens is 474 g/mol. The van der Waals surface area contributed by atoms with Crippen molar-refractivity contribution in [3.05, 3.63) is 138 Å². The highest BCUT2D eigenvalue weighted by Gasteiger charge is 2.54. The molecular formula is C33H29NO4. The maximum atomic E-state index is 12.8. The van der Waals surface area contributed by atoms with Gasteiger partial charge in [0.05, 0.1) is 12.1 Å². The lowest BCUT2D eigenvalue weighted by Gasteiger charge is -2.38. The highest BCUT2D eigenvalue weighted by atomic mass is 16.7. The molecule has 38 heavy (non-hydrogen) atoms. The first kappa shape index (κ1) is 24.0. The summed E-state index contributed by atoms with van der Waals surface area (Å²) in [6, 6.07) is 37.6. The summed E-state index contributed by atoms with van der Waals surface area (Å²) in [4.78, 5) is 15.2. The maximum Gasteiger partial charge on any atom is 0.331 e. The van der Waals surface area contributed by atoms with E-state index in [0.29, 0.717) is 18.1 Å². The fraction of sp³-hybridized carbons (Fsp3) is 0.182. The first-order chi connectivity index (χ1) is 18.7. The number of carbonyl (C=O) groups excluding carboxylic acids is 1. The third-order valence-electron chi connectivity index (χ3n) is 7.24. The molecule has 5 nitrogen and oxygen atoms in total. The Hall–Kier alpha value is -4.35. The molecule has 0 radical (unpaired) electrons. The zero-order valence-corrected chi connectivity index (χ0v) is 21.2. The molecule has 6 rings (SSSR count). The molecule has 0 bridgehead atoms. The third kappa shape index (κ3) is 4.25. The van der Waals surface area contributed by atoms with E-state index in [1.165, 1.54) is 16.7 Å². The molecule has 2 atom stereocenters. The van der Waals surface area contributed by atoms with Gasteiger partial charge in [0.25, 0.3) is 0 Å². The molecule has 4 aromatic carbocycles. The topological polar surface area (TPSA) is 47.8 Å². The molecule has 2 heterocycles. The molecule has 2 aliphatic rings. The van der Waals surface area contributed by atoms with E-state index in [4.69, 9.17) is 14.2 Å². The van der Waals surface area contributed by atoms with E-state index in [0.717, 1.165) is 17.7 Å². The predicted molar refractivity (Wildman–Crippen MR) is 147 cm³/mol. The predicted octanol–water partition coefficient (Wildman–Crippen LogP) is 6.04. The largest absolute Gasteiger partial charge is 0.463 e. The second kappa shape index (κ2) is 10.2. The second-order valence-electron chi connectivity index (χ2n) is 9.40. The summed E-state index contributed by atoms with van der Waals surface area (Å²) in [6.07, 6.45) is 1.64. The highest BCUT2D eigenvalue weighted by Crippen LogP contribution is 2.51. The van der Waals surface area contributed by atoms with Crippen LogP contribution in [0.15, 0.2) is 115 Å². The van der Waals surface area contributed by atoms with Crippen LogP contribution in [0.3, 0.4) is 0 Å². The van der Waals surface area contributed by atoms with E-state index in [1.54, 1.807) is 6.08 Å². The van der Waals surface area contributed by atoms with Gasteiger partial charge >= 0.3 is 5.97 Å². The summed E-state index contributed by atoms with van der Waals surface area (Å²) < 4.78 is 16.5. The van der Waals surface area contributed by atoms with Gasteiger partial charge in [-0.25, -0.2) is 4.79 Å². The molecule has 4 aromatic rings. The summed E-state index contributed by atoms with van der Waals surface area (Å²) in [5.74, 6) is 1.05. The monoisotopic (exact) mass is 503 g/mol. The zero-order chi connectivity index (χ0) is 26.0. The Morgan fingerprint density at radius 3 is 1.95 bits per heavy atom. The van der Waals surface area contributed by atoms with Crippen LogP contribution in [-0.2, 0) is 15.1 Å². The van der Waals surface area contributed by atoms with Gasteiger partial charge in [0.2, 0.25) is 6.79 Å². The number of fused-ring (bicyclic) bond motifs is 1. The van der Waals surface area contributed by atoms with E-state index in [1.807, 2.05) is 43.3 Å². The molecule has 2 aliphatic heterocycles. The number of esters is 1. The Balaban J connectivity index is 1.52. The summed E-state index contributed by atoms with van der Waals surface area (Å²) in [5.41, 5.74) is 4.76. The minimum atomic E-state index is -0.557. The minimum absolute atomic E-state index is 0.0274. The summed E-state index contributed by atoms with van der Waals surface area (Å²) in [7, 11) is 0. The first-order valence-corrected chi connectivity index (χ1v) is 12.9. The smallest absolute Gasteiger partial charge is 0.331 e. The Kier molecular flexibility index (Phi) is 6.44. The molecule has 5 heteroatoms. The molecule has 1 saturated heterocycles. The van der Waals surface area contributed by atoms with E-state index < -0.39 is 5.54 Å². The molecule has 0 amide bonds. The van der Waals surface area contributed by atoms with Crippen LogP contribution in [0.1, 0.15) is 29.2 Å². The molecule has 0 aliphatic carbocycles. The normalized spacial score (nSPS) is 18.2. The average Bonchev–Trinajstić information content (AvgIpc) is 3.61. The summed E-state index contributed by atoms with van der Waals surface area (Å²) in [6.45, 7) is 3.10. The Bertz CT molecular complexity index is 1350. The maximum absolute atomic E-state index is 12.8. The second-order valence-corrected chi connectivity index (χ2v) is 9.40. The van der Waals surface area contributed by atoms with Gasteiger partial charge in [-0.1, -0.05) is 97.1 Å². The van der Waals surface area contributed by atoms with Crippen LogP contribution in [0.2, 0.25) is 0 Å². The van der Waals surface area contributed by atoms with Gasteiger partial charge in [0.15, 0.2) is 11.5 Å².